The molecular formula is C56H56N4O8S2. The Hall–Kier alpha value is -6.06. The fourth-order valence-corrected chi connectivity index (χ4v) is 12.6. The molecule has 4 aromatic heterocycles. The molecule has 0 unspecified atom stereocenters. The highest BCUT2D eigenvalue weighted by Crippen LogP contribution is 2.52. The normalized spacial score (nSPS) is 16.5. The molecule has 2 fully saturated rings. The first-order valence-corrected chi connectivity index (χ1v) is 25.8. The molecule has 4 aromatic carbocycles. The van der Waals surface area contributed by atoms with Crippen molar-refractivity contribution in [1.82, 2.24) is 19.9 Å². The van der Waals surface area contributed by atoms with Gasteiger partial charge in [-0.3, -0.25) is 9.97 Å². The zero-order valence-electron chi connectivity index (χ0n) is 40.7. The van der Waals surface area contributed by atoms with Crippen LogP contribution in [0.2, 0.25) is 0 Å². The first kappa shape index (κ1) is 46.3. The highest BCUT2D eigenvalue weighted by atomic mass is 32.1. The molecule has 6 heterocycles. The minimum Gasteiger partial charge on any atom is -0.493 e. The molecule has 12 nitrogen and oxygen atoms in total. The molecule has 2 aliphatic heterocycles. The number of benzene rings is 4. The summed E-state index contributed by atoms with van der Waals surface area (Å²) in [7, 11) is 0. The van der Waals surface area contributed by atoms with Crippen LogP contribution >= 0.6 is 22.7 Å². The molecule has 2 N–H and O–H groups in total. The van der Waals surface area contributed by atoms with E-state index in [2.05, 4.69) is 0 Å². The van der Waals surface area contributed by atoms with Crippen molar-refractivity contribution >= 4 is 76.9 Å². The molecule has 360 valence electrons. The van der Waals surface area contributed by atoms with E-state index in [0.717, 1.165) is 136 Å². The van der Waals surface area contributed by atoms with Gasteiger partial charge in [-0.25, -0.2) is 19.6 Å². The number of pyridine rings is 2. The van der Waals surface area contributed by atoms with Crippen molar-refractivity contribution < 1.29 is 38.7 Å². The second kappa shape index (κ2) is 17.4. The summed E-state index contributed by atoms with van der Waals surface area (Å²) >= 11 is 3.35. The molecule has 2 aliphatic carbocycles. The van der Waals surface area contributed by atoms with Crippen LogP contribution in [-0.4, -0.2) is 66.5 Å². The van der Waals surface area contributed by atoms with Crippen LogP contribution in [0, 0.1) is 13.8 Å². The van der Waals surface area contributed by atoms with E-state index in [4.69, 9.17) is 38.9 Å². The smallest absolute Gasteiger partial charge is 0.337 e. The lowest BCUT2D eigenvalue weighted by Crippen LogP contribution is -2.28. The number of rotatable bonds is 10. The number of carboxylic acid groups (broad SMARTS) is 2. The number of aliphatic carboxylic acids is 2. The van der Waals surface area contributed by atoms with Crippen molar-refractivity contribution in [3.05, 3.63) is 104 Å². The van der Waals surface area contributed by atoms with Gasteiger partial charge in [0.1, 0.15) is 11.5 Å². The van der Waals surface area contributed by atoms with Crippen molar-refractivity contribution in [1.29, 1.82) is 0 Å². The maximum atomic E-state index is 12.6. The Bertz CT molecular complexity index is 3200. The summed E-state index contributed by atoms with van der Waals surface area (Å²) < 4.78 is 26.3. The van der Waals surface area contributed by atoms with E-state index >= 15 is 0 Å². The van der Waals surface area contributed by atoms with Gasteiger partial charge in [0, 0.05) is 81.2 Å². The van der Waals surface area contributed by atoms with Gasteiger partial charge in [0.15, 0.2) is 12.2 Å². The Balaban J connectivity index is 0.000000152. The van der Waals surface area contributed by atoms with Crippen LogP contribution in [0.15, 0.2) is 60.9 Å². The van der Waals surface area contributed by atoms with Crippen molar-refractivity contribution in [2.24, 2.45) is 0 Å². The monoisotopic (exact) mass is 976 g/mol. The van der Waals surface area contributed by atoms with Gasteiger partial charge < -0.3 is 29.2 Å². The fourth-order valence-electron chi connectivity index (χ4n) is 10.1. The van der Waals surface area contributed by atoms with Gasteiger partial charge in [-0.15, -0.1) is 22.7 Å². The van der Waals surface area contributed by atoms with Crippen LogP contribution in [0.25, 0.3) is 64.5 Å². The Morgan fingerprint density at radius 1 is 0.629 bits per heavy atom. The van der Waals surface area contributed by atoms with E-state index in [9.17, 15) is 19.8 Å². The number of carboxylic acids is 2. The number of thiazole rings is 2. The van der Waals surface area contributed by atoms with E-state index in [1.54, 1.807) is 22.7 Å². The van der Waals surface area contributed by atoms with Crippen molar-refractivity contribution in [2.75, 3.05) is 13.2 Å². The Morgan fingerprint density at radius 3 is 1.39 bits per heavy atom. The molecule has 0 radical (unpaired) electrons. The highest BCUT2D eigenvalue weighted by Gasteiger charge is 2.37. The van der Waals surface area contributed by atoms with Gasteiger partial charge in [-0.05, 0) is 152 Å². The number of aromatic nitrogens is 4. The zero-order chi connectivity index (χ0) is 49.0. The van der Waals surface area contributed by atoms with E-state index in [1.807, 2.05) is 116 Å². The molecule has 12 rings (SSSR count). The maximum Gasteiger partial charge on any atom is 0.337 e. The van der Waals surface area contributed by atoms with Gasteiger partial charge in [-0.2, -0.15) is 0 Å². The fraction of sp³-hybridized carbons (Fsp3) is 0.393. The molecule has 14 heteroatoms. The Morgan fingerprint density at radius 2 is 1.03 bits per heavy atom. The number of hydrogen-bond donors (Lipinski definition) is 2. The number of fused-ring (bicyclic) bond motifs is 2. The summed E-state index contributed by atoms with van der Waals surface area (Å²) in [5.41, 5.74) is 11.2. The highest BCUT2D eigenvalue weighted by molar-refractivity contribution is 7.19. The second-order valence-electron chi connectivity index (χ2n) is 21.0. The summed E-state index contributed by atoms with van der Waals surface area (Å²) in [4.78, 5) is 44.8. The minimum absolute atomic E-state index is 0.507. The molecule has 2 saturated carbocycles. The van der Waals surface area contributed by atoms with Crippen LogP contribution in [0.5, 0.6) is 11.5 Å². The summed E-state index contributed by atoms with van der Waals surface area (Å²) in [6.07, 6.45) is 7.71. The molecule has 0 saturated heterocycles. The van der Waals surface area contributed by atoms with Crippen molar-refractivity contribution in [2.45, 2.75) is 129 Å². The van der Waals surface area contributed by atoms with Gasteiger partial charge in [0.25, 0.3) is 0 Å². The molecule has 2 atom stereocenters. The second-order valence-corrected chi connectivity index (χ2v) is 23.1. The lowest BCUT2D eigenvalue weighted by Gasteiger charge is -2.28. The number of ether oxygens (including phenoxy) is 4. The van der Waals surface area contributed by atoms with Gasteiger partial charge in [0.2, 0.25) is 0 Å². The van der Waals surface area contributed by atoms with E-state index in [0.29, 0.717) is 36.2 Å². The lowest BCUT2D eigenvalue weighted by molar-refractivity contribution is -0.161. The standard InChI is InChI=1S/2C28H28N2O4S/c2*1-14-13-18-25(35-26(30-18)16-5-6-16)22(20(14)24(27(31)32)34-28(2,3)4)17-7-8-19-21-15(10-12-33-19)9-11-29-23(17)21/h2*7-9,11,13,16,24H,5-6,10,12H2,1-4H3,(H,31,32)/t2*24-/m00/s1. The Kier molecular flexibility index (Phi) is 11.5. The molecule has 0 amide bonds. The summed E-state index contributed by atoms with van der Waals surface area (Å²) in [6.45, 7) is 16.5. The lowest BCUT2D eigenvalue weighted by atomic mass is 9.89. The topological polar surface area (TPSA) is 163 Å². The quantitative estimate of drug-likeness (QED) is 0.134. The van der Waals surface area contributed by atoms with Crippen molar-refractivity contribution in [3.8, 4) is 33.8 Å². The SMILES string of the molecule is Cc1cc2nc(C3CC3)sc2c(-c2ccc3c4c(ccnc24)CCO3)c1[C@H](OC(C)(C)C)C(=O)O.Cc1cc2nc(C3CC3)sc2c(-c2ccc3c4c(ccnc24)CCO3)c1[C@H](OC(C)(C)C)C(=O)O. The summed E-state index contributed by atoms with van der Waals surface area (Å²) in [6, 6.07) is 16.1. The Labute approximate surface area is 414 Å². The van der Waals surface area contributed by atoms with Crippen LogP contribution in [0.1, 0.15) is 135 Å². The van der Waals surface area contributed by atoms with Gasteiger partial charge >= 0.3 is 11.9 Å². The van der Waals surface area contributed by atoms with Crippen LogP contribution in [0.3, 0.4) is 0 Å². The average molecular weight is 977 g/mol. The third-order valence-electron chi connectivity index (χ3n) is 13.3. The predicted octanol–water partition coefficient (Wildman–Crippen LogP) is 13.1. The predicted molar refractivity (Wildman–Crippen MR) is 275 cm³/mol. The zero-order valence-corrected chi connectivity index (χ0v) is 42.3. The summed E-state index contributed by atoms with van der Waals surface area (Å²) in [5.74, 6) is 0.657. The van der Waals surface area contributed by atoms with Crippen LogP contribution in [0.4, 0.5) is 0 Å². The van der Waals surface area contributed by atoms with Crippen molar-refractivity contribution in [3.63, 3.8) is 0 Å². The molecule has 0 spiro atoms. The average Bonchev–Trinajstić information content (AvgIpc) is 4.25. The largest absolute Gasteiger partial charge is 0.493 e. The first-order valence-electron chi connectivity index (χ1n) is 24.2. The van der Waals surface area contributed by atoms with E-state index in [-0.39, 0.29) is 0 Å². The number of nitrogens with zero attached hydrogens (tertiary/aromatic N) is 4. The number of aryl methyl sites for hydroxylation is 2. The van der Waals surface area contributed by atoms with E-state index in [1.165, 1.54) is 11.1 Å². The number of carbonyl (C=O) groups is 2. The summed E-state index contributed by atoms with van der Waals surface area (Å²) in [5, 5.41) is 24.9. The molecular weight excluding hydrogens is 921 g/mol. The van der Waals surface area contributed by atoms with Gasteiger partial charge in [-0.1, -0.05) is 0 Å². The molecule has 0 bridgehead atoms. The molecule has 8 aromatic rings. The van der Waals surface area contributed by atoms with E-state index < -0.39 is 35.3 Å². The van der Waals surface area contributed by atoms with Crippen LogP contribution < -0.4 is 9.47 Å². The number of hydrogen-bond acceptors (Lipinski definition) is 12. The maximum absolute atomic E-state index is 12.6. The van der Waals surface area contributed by atoms with Gasteiger partial charge in [0.05, 0.1) is 65.9 Å². The third-order valence-corrected chi connectivity index (χ3v) is 15.8. The third kappa shape index (κ3) is 8.56. The molecule has 70 heavy (non-hydrogen) atoms. The minimum atomic E-state index is -1.12. The molecule has 4 aliphatic rings. The van der Waals surface area contributed by atoms with Crippen LogP contribution in [-0.2, 0) is 31.9 Å². The first-order chi connectivity index (χ1) is 33.4.